The van der Waals surface area contributed by atoms with Crippen molar-refractivity contribution in [3.05, 3.63) is 0 Å². The van der Waals surface area contributed by atoms with Gasteiger partial charge in [0.2, 0.25) is 5.91 Å². The van der Waals surface area contributed by atoms with E-state index in [-0.39, 0.29) is 11.9 Å². The van der Waals surface area contributed by atoms with E-state index in [4.69, 9.17) is 10.5 Å². The molecule has 0 aliphatic heterocycles. The van der Waals surface area contributed by atoms with Gasteiger partial charge in [0, 0.05) is 13.5 Å². The largest absolute Gasteiger partial charge is 0.459 e. The molecule has 0 saturated heterocycles. The predicted octanol–water partition coefficient (Wildman–Crippen LogP) is 0.962. The lowest BCUT2D eigenvalue weighted by Crippen LogP contribution is -2.37. The number of carbonyl (C=O) groups excluding carboxylic acids is 2. The van der Waals surface area contributed by atoms with Crippen LogP contribution in [0.3, 0.4) is 0 Å². The van der Waals surface area contributed by atoms with Crippen LogP contribution in [0.15, 0.2) is 0 Å². The van der Waals surface area contributed by atoms with E-state index < -0.39 is 11.6 Å². The van der Waals surface area contributed by atoms with Crippen LogP contribution in [0.1, 0.15) is 47.0 Å². The molecule has 1 amide bonds. The van der Waals surface area contributed by atoms with Gasteiger partial charge in [0.15, 0.2) is 0 Å². The van der Waals surface area contributed by atoms with Crippen molar-refractivity contribution in [1.29, 1.82) is 0 Å². The molecule has 0 aromatic heterocycles. The topological polar surface area (TPSA) is 81.4 Å². The summed E-state index contributed by atoms with van der Waals surface area (Å²) >= 11 is 0. The van der Waals surface area contributed by atoms with Crippen LogP contribution in [0.25, 0.3) is 0 Å². The first-order valence-corrected chi connectivity index (χ1v) is 5.95. The Labute approximate surface area is 103 Å². The van der Waals surface area contributed by atoms with Crippen LogP contribution in [0, 0.1) is 0 Å². The van der Waals surface area contributed by atoms with Crippen molar-refractivity contribution in [3.63, 3.8) is 0 Å². The van der Waals surface area contributed by atoms with Crippen molar-refractivity contribution in [2.75, 3.05) is 6.54 Å². The van der Waals surface area contributed by atoms with Gasteiger partial charge in [-0.1, -0.05) is 0 Å². The lowest BCUT2D eigenvalue weighted by atomic mass is 10.1. The third-order valence-electron chi connectivity index (χ3n) is 2.03. The maximum Gasteiger partial charge on any atom is 0.323 e. The van der Waals surface area contributed by atoms with Gasteiger partial charge >= 0.3 is 5.97 Å². The van der Waals surface area contributed by atoms with Crippen molar-refractivity contribution >= 4 is 11.9 Å². The zero-order valence-electron chi connectivity index (χ0n) is 11.2. The number of hydrogen-bond acceptors (Lipinski definition) is 4. The number of ether oxygens (including phenoxy) is 1. The number of nitrogens with two attached hydrogens (primary N) is 1. The monoisotopic (exact) mass is 244 g/mol. The minimum atomic E-state index is -0.577. The van der Waals surface area contributed by atoms with E-state index in [1.165, 1.54) is 6.92 Å². The van der Waals surface area contributed by atoms with E-state index in [0.717, 1.165) is 12.8 Å². The Hall–Kier alpha value is -1.10. The number of rotatable bonds is 6. The molecule has 0 aromatic carbocycles. The van der Waals surface area contributed by atoms with Crippen molar-refractivity contribution < 1.29 is 14.3 Å². The van der Waals surface area contributed by atoms with E-state index in [2.05, 4.69) is 5.32 Å². The van der Waals surface area contributed by atoms with Crippen LogP contribution in [0.2, 0.25) is 0 Å². The normalized spacial score (nSPS) is 13.0. The van der Waals surface area contributed by atoms with Crippen molar-refractivity contribution in [2.24, 2.45) is 5.73 Å². The summed E-state index contributed by atoms with van der Waals surface area (Å²) in [6, 6.07) is -0.577. The highest BCUT2D eigenvalue weighted by atomic mass is 16.6. The summed E-state index contributed by atoms with van der Waals surface area (Å²) < 4.78 is 5.16. The van der Waals surface area contributed by atoms with E-state index >= 15 is 0 Å². The molecular formula is C12H24N2O3. The Morgan fingerprint density at radius 1 is 1.29 bits per heavy atom. The van der Waals surface area contributed by atoms with Crippen molar-refractivity contribution in [3.8, 4) is 0 Å². The lowest BCUT2D eigenvalue weighted by Gasteiger charge is -2.22. The zero-order valence-corrected chi connectivity index (χ0v) is 11.2. The van der Waals surface area contributed by atoms with Gasteiger partial charge in [-0.25, -0.2) is 0 Å². The first-order valence-electron chi connectivity index (χ1n) is 5.95. The molecule has 0 radical (unpaired) electrons. The van der Waals surface area contributed by atoms with Crippen LogP contribution in [0.5, 0.6) is 0 Å². The third kappa shape index (κ3) is 9.81. The molecule has 0 fully saturated rings. The highest BCUT2D eigenvalue weighted by molar-refractivity contribution is 5.75. The number of unbranched alkanes of at least 4 members (excludes halogenated alkanes) is 1. The SMILES string of the molecule is CC(=O)NCCCC[C@@H](N)C(=O)OC(C)(C)C. The average molecular weight is 244 g/mol. The fourth-order valence-electron chi connectivity index (χ4n) is 1.25. The molecule has 0 aromatic rings. The second-order valence-electron chi connectivity index (χ2n) is 5.12. The Kier molecular flexibility index (Phi) is 6.80. The molecule has 0 aliphatic rings. The summed E-state index contributed by atoms with van der Waals surface area (Å²) in [5, 5.41) is 2.69. The summed E-state index contributed by atoms with van der Waals surface area (Å²) in [7, 11) is 0. The number of esters is 1. The molecule has 3 N–H and O–H groups in total. The van der Waals surface area contributed by atoms with E-state index in [1.54, 1.807) is 0 Å². The van der Waals surface area contributed by atoms with Gasteiger partial charge in [-0.15, -0.1) is 0 Å². The van der Waals surface area contributed by atoms with Crippen LogP contribution in [-0.2, 0) is 14.3 Å². The van der Waals surface area contributed by atoms with Crippen LogP contribution in [-0.4, -0.2) is 30.1 Å². The smallest absolute Gasteiger partial charge is 0.323 e. The number of nitrogens with one attached hydrogen (secondary N) is 1. The van der Waals surface area contributed by atoms with Gasteiger partial charge in [0.25, 0.3) is 0 Å². The molecule has 1 atom stereocenters. The summed E-state index contributed by atoms with van der Waals surface area (Å²) in [5.74, 6) is -0.404. The van der Waals surface area contributed by atoms with Crippen LogP contribution < -0.4 is 11.1 Å². The second kappa shape index (κ2) is 7.27. The third-order valence-corrected chi connectivity index (χ3v) is 2.03. The molecule has 17 heavy (non-hydrogen) atoms. The standard InChI is InChI=1S/C12H24N2O3/c1-9(15)14-8-6-5-7-10(13)11(16)17-12(2,3)4/h10H,5-8,13H2,1-4H3,(H,14,15)/t10-/m1/s1. The maximum atomic E-state index is 11.5. The fraction of sp³-hybridized carbons (Fsp3) is 0.833. The number of hydrogen-bond donors (Lipinski definition) is 2. The molecule has 0 bridgehead atoms. The van der Waals surface area contributed by atoms with Gasteiger partial charge in [0.1, 0.15) is 11.6 Å². The molecule has 100 valence electrons. The van der Waals surface area contributed by atoms with Crippen LogP contribution >= 0.6 is 0 Å². The van der Waals surface area contributed by atoms with Crippen molar-refractivity contribution in [2.45, 2.75) is 58.6 Å². The summed E-state index contributed by atoms with van der Waals surface area (Å²) in [5.41, 5.74) is 5.21. The molecular weight excluding hydrogens is 220 g/mol. The zero-order chi connectivity index (χ0) is 13.5. The molecule has 0 aliphatic carbocycles. The molecule has 5 heteroatoms. The highest BCUT2D eigenvalue weighted by Gasteiger charge is 2.21. The fourth-order valence-corrected chi connectivity index (χ4v) is 1.25. The first kappa shape index (κ1) is 15.9. The minimum absolute atomic E-state index is 0.0403. The van der Waals surface area contributed by atoms with Crippen LogP contribution in [0.4, 0.5) is 0 Å². The van der Waals surface area contributed by atoms with Gasteiger partial charge in [-0.05, 0) is 40.0 Å². The molecule has 0 saturated carbocycles. The van der Waals surface area contributed by atoms with Gasteiger partial charge < -0.3 is 15.8 Å². The number of carbonyl (C=O) groups is 2. The first-order chi connectivity index (χ1) is 7.72. The highest BCUT2D eigenvalue weighted by Crippen LogP contribution is 2.10. The Bertz CT molecular complexity index is 259. The summed E-state index contributed by atoms with van der Waals surface area (Å²) in [6.45, 7) is 7.54. The Morgan fingerprint density at radius 2 is 1.88 bits per heavy atom. The molecule has 0 rings (SSSR count). The van der Waals surface area contributed by atoms with Gasteiger partial charge in [-0.2, -0.15) is 0 Å². The average Bonchev–Trinajstić information content (AvgIpc) is 2.13. The summed E-state index contributed by atoms with van der Waals surface area (Å²) in [4.78, 5) is 22.1. The second-order valence-corrected chi connectivity index (χ2v) is 5.12. The Balaban J connectivity index is 3.68. The van der Waals surface area contributed by atoms with Gasteiger partial charge in [0.05, 0.1) is 0 Å². The van der Waals surface area contributed by atoms with E-state index in [9.17, 15) is 9.59 Å². The molecule has 0 heterocycles. The van der Waals surface area contributed by atoms with E-state index in [1.807, 2.05) is 20.8 Å². The maximum absolute atomic E-state index is 11.5. The van der Waals surface area contributed by atoms with E-state index in [0.29, 0.717) is 13.0 Å². The summed E-state index contributed by atoms with van der Waals surface area (Å²) in [6.07, 6.45) is 2.19. The molecule has 0 spiro atoms. The van der Waals surface area contributed by atoms with Gasteiger partial charge in [-0.3, -0.25) is 9.59 Å². The van der Waals surface area contributed by atoms with Crippen molar-refractivity contribution in [1.82, 2.24) is 5.32 Å². The predicted molar refractivity (Wildman–Crippen MR) is 66.4 cm³/mol. The quantitative estimate of drug-likeness (QED) is 0.538. The molecule has 0 unspecified atom stereocenters. The Morgan fingerprint density at radius 3 is 2.35 bits per heavy atom. The molecule has 5 nitrogen and oxygen atoms in total. The minimum Gasteiger partial charge on any atom is -0.459 e. The number of amides is 1. The lowest BCUT2D eigenvalue weighted by molar-refractivity contribution is -0.156.